The number of carbonyl (C=O) groups is 4. The average molecular weight is 800 g/mol. The van der Waals surface area contributed by atoms with Gasteiger partial charge in [0.25, 0.3) is 0 Å². The topological polar surface area (TPSA) is 161 Å². The predicted octanol–water partition coefficient (Wildman–Crippen LogP) is 5.21. The van der Waals surface area contributed by atoms with Crippen molar-refractivity contribution in [3.05, 3.63) is 60.3 Å². The number of ether oxygens (including phenoxy) is 1. The van der Waals surface area contributed by atoms with E-state index in [4.69, 9.17) is 4.74 Å². The molecule has 2 aromatic carbocycles. The van der Waals surface area contributed by atoms with Crippen LogP contribution in [-0.4, -0.2) is 102 Å². The number of rotatable bonds is 10. The molecule has 0 unspecified atom stereocenters. The van der Waals surface area contributed by atoms with Gasteiger partial charge in [-0.15, -0.1) is 0 Å². The molecule has 5 fully saturated rings. The maximum absolute atomic E-state index is 15.2. The molecule has 2 saturated carbocycles. The van der Waals surface area contributed by atoms with Crippen molar-refractivity contribution in [1.82, 2.24) is 25.5 Å². The Labute approximate surface area is 336 Å². The molecule has 0 bridgehead atoms. The lowest BCUT2D eigenvalue weighted by Crippen LogP contribution is -2.52. The molecule has 308 valence electrons. The van der Waals surface area contributed by atoms with Crippen LogP contribution in [0.2, 0.25) is 0 Å². The Kier molecular flexibility index (Phi) is 12.0. The molecular weight excluding hydrogens is 749 g/mol. The zero-order valence-electron chi connectivity index (χ0n) is 32.6. The van der Waals surface area contributed by atoms with E-state index in [1.165, 1.54) is 12.3 Å². The van der Waals surface area contributed by atoms with Crippen LogP contribution >= 0.6 is 0 Å². The van der Waals surface area contributed by atoms with Gasteiger partial charge in [0, 0.05) is 80.1 Å². The van der Waals surface area contributed by atoms with Crippen LogP contribution in [0.25, 0.3) is 11.3 Å². The van der Waals surface area contributed by atoms with Gasteiger partial charge in [0.15, 0.2) is 5.82 Å². The number of piperidine rings is 1. The number of nitrogens with zero attached hydrogens (tertiary/aromatic N) is 5. The van der Waals surface area contributed by atoms with Crippen molar-refractivity contribution in [2.75, 3.05) is 59.8 Å². The SMILES string of the molecule is O=C1CC[C@H](Nc2ccc(N3CCN(C4CCC(C(=O)NC5CCC(Nc6ncc(F)c(-c7cccc(N8CCCOC8=O)c7)n6)CC5)CC4)CC3)c(F)c2)C(=O)N1. The molecule has 16 heteroatoms. The van der Waals surface area contributed by atoms with Crippen molar-refractivity contribution >= 4 is 46.8 Å². The number of imide groups is 1. The summed E-state index contributed by atoms with van der Waals surface area (Å²) in [6.07, 6.45) is 9.00. The standard InChI is InChI=1S/C42H51F2N9O5/c43-33-24-30(46-35-14-16-37(54)49-40(35)56)11-15-36(33)52-20-18-51(19-21-52)31-12-5-26(6-13-31)39(55)47-28-7-9-29(10-8-28)48-41-45-25-34(44)38(50-41)27-3-1-4-32(23-27)53-17-2-22-58-42(53)57/h1,3-4,11,15,23-26,28-29,31,35,46H,2,5-10,12-14,16-22H2,(H,47,55)(H,45,48,50)(H,49,54,56)/t26?,28?,29?,31?,35-/m0/s1. The molecule has 2 aliphatic carbocycles. The highest BCUT2D eigenvalue weighted by Gasteiger charge is 2.33. The molecule has 4 amide bonds. The van der Waals surface area contributed by atoms with Crippen LogP contribution in [0, 0.1) is 17.6 Å². The highest BCUT2D eigenvalue weighted by atomic mass is 19.1. The number of piperazine rings is 1. The zero-order chi connectivity index (χ0) is 40.2. The first kappa shape index (κ1) is 39.4. The summed E-state index contributed by atoms with van der Waals surface area (Å²) >= 11 is 0. The normalized spacial score (nSPS) is 25.8. The Morgan fingerprint density at radius 3 is 2.34 bits per heavy atom. The second kappa shape index (κ2) is 17.6. The van der Waals surface area contributed by atoms with Crippen molar-refractivity contribution in [1.29, 1.82) is 0 Å². The van der Waals surface area contributed by atoms with Gasteiger partial charge in [0.05, 0.1) is 18.5 Å². The highest BCUT2D eigenvalue weighted by molar-refractivity contribution is 6.01. The van der Waals surface area contributed by atoms with Gasteiger partial charge < -0.3 is 25.6 Å². The van der Waals surface area contributed by atoms with Gasteiger partial charge in [-0.3, -0.25) is 29.5 Å². The van der Waals surface area contributed by atoms with E-state index in [1.807, 2.05) is 0 Å². The molecule has 3 aromatic rings. The molecule has 1 atom stereocenters. The van der Waals surface area contributed by atoms with Gasteiger partial charge in [-0.05, 0) is 94.5 Å². The Morgan fingerprint density at radius 1 is 0.828 bits per heavy atom. The van der Waals surface area contributed by atoms with Crippen LogP contribution in [-0.2, 0) is 19.1 Å². The Hall–Kier alpha value is -5.38. The summed E-state index contributed by atoms with van der Waals surface area (Å²) < 4.78 is 35.3. The maximum atomic E-state index is 15.2. The molecule has 4 N–H and O–H groups in total. The predicted molar refractivity (Wildman–Crippen MR) is 214 cm³/mol. The van der Waals surface area contributed by atoms with Crippen LogP contribution in [0.4, 0.5) is 36.6 Å². The third kappa shape index (κ3) is 9.16. The minimum Gasteiger partial charge on any atom is -0.449 e. The number of nitrogens with one attached hydrogen (secondary N) is 4. The van der Waals surface area contributed by atoms with Crippen LogP contribution in [0.3, 0.4) is 0 Å². The molecule has 8 rings (SSSR count). The van der Waals surface area contributed by atoms with E-state index in [2.05, 4.69) is 41.0 Å². The molecule has 3 saturated heterocycles. The number of cyclic esters (lactones) is 1. The summed E-state index contributed by atoms with van der Waals surface area (Å²) in [5.41, 5.74) is 2.37. The summed E-state index contributed by atoms with van der Waals surface area (Å²) in [6.45, 7) is 3.98. The number of carbonyl (C=O) groups excluding carboxylic acids is 4. The van der Waals surface area contributed by atoms with Crippen LogP contribution in [0.1, 0.15) is 70.6 Å². The van der Waals surface area contributed by atoms with Crippen LogP contribution in [0.15, 0.2) is 48.7 Å². The van der Waals surface area contributed by atoms with Gasteiger partial charge in [0.2, 0.25) is 23.7 Å². The third-order valence-electron chi connectivity index (χ3n) is 12.3. The van der Waals surface area contributed by atoms with Crippen molar-refractivity contribution in [3.8, 4) is 11.3 Å². The van der Waals surface area contributed by atoms with E-state index in [0.29, 0.717) is 67.3 Å². The fourth-order valence-electron chi connectivity index (χ4n) is 9.05. The van der Waals surface area contributed by atoms with Crippen molar-refractivity contribution in [2.45, 2.75) is 94.8 Å². The number of hydrogen-bond acceptors (Lipinski definition) is 11. The Bertz CT molecular complexity index is 2000. The molecule has 58 heavy (non-hydrogen) atoms. The number of anilines is 4. The number of amides is 4. The molecule has 14 nitrogen and oxygen atoms in total. The molecule has 5 aliphatic rings. The fraction of sp³-hybridized carbons (Fsp3) is 0.524. The van der Waals surface area contributed by atoms with E-state index in [0.717, 1.165) is 70.9 Å². The minimum absolute atomic E-state index is 0.000112. The van der Waals surface area contributed by atoms with Gasteiger partial charge >= 0.3 is 6.09 Å². The monoisotopic (exact) mass is 799 g/mol. The summed E-state index contributed by atoms with van der Waals surface area (Å²) in [4.78, 5) is 64.0. The minimum atomic E-state index is -0.564. The molecule has 0 spiro atoms. The molecular formula is C42H51F2N9O5. The van der Waals surface area contributed by atoms with Gasteiger partial charge in [-0.1, -0.05) is 12.1 Å². The van der Waals surface area contributed by atoms with Crippen molar-refractivity contribution < 1.29 is 32.7 Å². The molecule has 3 aliphatic heterocycles. The first-order valence-electron chi connectivity index (χ1n) is 20.7. The van der Waals surface area contributed by atoms with E-state index in [9.17, 15) is 23.6 Å². The van der Waals surface area contributed by atoms with Gasteiger partial charge in [-0.2, -0.15) is 0 Å². The molecule has 1 aromatic heterocycles. The van der Waals surface area contributed by atoms with Crippen LogP contribution in [0.5, 0.6) is 0 Å². The second-order valence-electron chi connectivity index (χ2n) is 16.1. The van der Waals surface area contributed by atoms with E-state index < -0.39 is 18.0 Å². The summed E-state index contributed by atoms with van der Waals surface area (Å²) in [5.74, 6) is -1.10. The van der Waals surface area contributed by atoms with Crippen molar-refractivity contribution in [2.24, 2.45) is 5.92 Å². The lowest BCUT2D eigenvalue weighted by Gasteiger charge is -2.42. The summed E-state index contributed by atoms with van der Waals surface area (Å²) in [7, 11) is 0. The summed E-state index contributed by atoms with van der Waals surface area (Å²) in [6, 6.07) is 12.0. The first-order chi connectivity index (χ1) is 28.2. The number of benzene rings is 2. The number of hydrogen-bond donors (Lipinski definition) is 4. The Balaban J connectivity index is 0.754. The summed E-state index contributed by atoms with van der Waals surface area (Å²) in [5, 5.41) is 12.1. The number of aromatic nitrogens is 2. The second-order valence-corrected chi connectivity index (χ2v) is 16.1. The van der Waals surface area contributed by atoms with E-state index in [1.54, 1.807) is 41.3 Å². The highest BCUT2D eigenvalue weighted by Crippen LogP contribution is 2.32. The van der Waals surface area contributed by atoms with Crippen molar-refractivity contribution in [3.63, 3.8) is 0 Å². The average Bonchev–Trinajstić information content (AvgIpc) is 3.24. The lowest BCUT2D eigenvalue weighted by molar-refractivity contribution is -0.133. The van der Waals surface area contributed by atoms with Crippen LogP contribution < -0.4 is 31.1 Å². The Morgan fingerprint density at radius 2 is 1.60 bits per heavy atom. The maximum Gasteiger partial charge on any atom is 0.414 e. The molecule has 4 heterocycles. The van der Waals surface area contributed by atoms with E-state index in [-0.39, 0.29) is 53.7 Å². The smallest absolute Gasteiger partial charge is 0.414 e. The fourth-order valence-corrected chi connectivity index (χ4v) is 9.05. The largest absolute Gasteiger partial charge is 0.449 e. The lowest BCUT2D eigenvalue weighted by atomic mass is 9.83. The number of halogens is 2. The first-order valence-corrected chi connectivity index (χ1v) is 20.7. The van der Waals surface area contributed by atoms with Gasteiger partial charge in [-0.25, -0.2) is 23.5 Å². The third-order valence-corrected chi connectivity index (χ3v) is 12.3. The van der Waals surface area contributed by atoms with E-state index >= 15 is 4.39 Å². The van der Waals surface area contributed by atoms with Gasteiger partial charge in [0.1, 0.15) is 17.6 Å². The molecule has 0 radical (unpaired) electrons. The zero-order valence-corrected chi connectivity index (χ0v) is 32.6. The quantitative estimate of drug-likeness (QED) is 0.200.